The van der Waals surface area contributed by atoms with Crippen molar-refractivity contribution >= 4 is 5.91 Å². The van der Waals surface area contributed by atoms with Gasteiger partial charge in [-0.25, -0.2) is 0 Å². The van der Waals surface area contributed by atoms with Crippen LogP contribution >= 0.6 is 0 Å². The van der Waals surface area contributed by atoms with Crippen LogP contribution in [0.15, 0.2) is 0 Å². The van der Waals surface area contributed by atoms with Crippen LogP contribution in [0.3, 0.4) is 0 Å². The second kappa shape index (κ2) is 7.62. The van der Waals surface area contributed by atoms with Crippen molar-refractivity contribution in [2.24, 2.45) is 17.3 Å². The van der Waals surface area contributed by atoms with E-state index in [1.54, 1.807) is 7.05 Å². The Morgan fingerprint density at radius 2 is 1.62 bits per heavy atom. The minimum absolute atomic E-state index is 0.139. The summed E-state index contributed by atoms with van der Waals surface area (Å²) in [6.07, 6.45) is 12.6. The Hall–Kier alpha value is -0.570. The van der Waals surface area contributed by atoms with Crippen LogP contribution in [0.25, 0.3) is 0 Å². The molecule has 21 heavy (non-hydrogen) atoms. The Bertz CT molecular complexity index is 334. The van der Waals surface area contributed by atoms with E-state index in [-0.39, 0.29) is 11.3 Å². The molecule has 2 fully saturated rings. The average Bonchev–Trinajstić information content (AvgIpc) is 2.53. The molecule has 2 N–H and O–H groups in total. The van der Waals surface area contributed by atoms with Crippen molar-refractivity contribution in [3.05, 3.63) is 0 Å². The zero-order valence-electron chi connectivity index (χ0n) is 14.2. The molecule has 2 aliphatic carbocycles. The average molecular weight is 294 g/mol. The maximum atomic E-state index is 11.9. The SMILES string of the molecule is CNC(=O)C(C)(C)CNC1CCCCC1C1CCCCC1. The van der Waals surface area contributed by atoms with Crippen LogP contribution in [0, 0.1) is 17.3 Å². The number of carbonyl (C=O) groups excluding carboxylic acids is 1. The molecule has 122 valence electrons. The summed E-state index contributed by atoms with van der Waals surface area (Å²) in [4.78, 5) is 11.9. The topological polar surface area (TPSA) is 41.1 Å². The number of nitrogens with one attached hydrogen (secondary N) is 2. The van der Waals surface area contributed by atoms with Crippen LogP contribution in [-0.2, 0) is 4.79 Å². The quantitative estimate of drug-likeness (QED) is 0.815. The molecule has 0 radical (unpaired) electrons. The molecule has 0 spiro atoms. The third kappa shape index (κ3) is 4.45. The second-order valence-electron chi connectivity index (χ2n) is 7.80. The predicted molar refractivity (Wildman–Crippen MR) is 88.2 cm³/mol. The maximum absolute atomic E-state index is 11.9. The lowest BCUT2D eigenvalue weighted by Gasteiger charge is -2.40. The Kier molecular flexibility index (Phi) is 6.09. The van der Waals surface area contributed by atoms with Crippen LogP contribution in [0.5, 0.6) is 0 Å². The van der Waals surface area contributed by atoms with Crippen molar-refractivity contribution < 1.29 is 4.79 Å². The van der Waals surface area contributed by atoms with Gasteiger partial charge in [0.2, 0.25) is 5.91 Å². The predicted octanol–water partition coefficient (Wildman–Crippen LogP) is 3.49. The van der Waals surface area contributed by atoms with E-state index in [2.05, 4.69) is 10.6 Å². The monoisotopic (exact) mass is 294 g/mol. The molecule has 0 aliphatic heterocycles. The number of rotatable bonds is 5. The Balaban J connectivity index is 1.91. The number of hydrogen-bond acceptors (Lipinski definition) is 2. The van der Waals surface area contributed by atoms with Gasteiger partial charge in [-0.05, 0) is 38.5 Å². The van der Waals surface area contributed by atoms with E-state index < -0.39 is 0 Å². The van der Waals surface area contributed by atoms with E-state index >= 15 is 0 Å². The molecule has 3 heteroatoms. The first kappa shape index (κ1) is 16.8. The second-order valence-corrected chi connectivity index (χ2v) is 7.80. The molecule has 0 saturated heterocycles. The molecule has 2 rings (SSSR count). The molecule has 0 bridgehead atoms. The summed E-state index contributed by atoms with van der Waals surface area (Å²) in [6, 6.07) is 0.630. The van der Waals surface area contributed by atoms with Gasteiger partial charge in [0.25, 0.3) is 0 Å². The third-order valence-corrected chi connectivity index (χ3v) is 5.72. The number of carbonyl (C=O) groups is 1. The van der Waals surface area contributed by atoms with Gasteiger partial charge in [-0.3, -0.25) is 4.79 Å². The fourth-order valence-corrected chi connectivity index (χ4v) is 4.34. The first-order chi connectivity index (χ1) is 10.0. The molecule has 0 aromatic heterocycles. The van der Waals surface area contributed by atoms with Crippen molar-refractivity contribution in [3.8, 4) is 0 Å². The van der Waals surface area contributed by atoms with E-state index in [0.29, 0.717) is 6.04 Å². The first-order valence-electron chi connectivity index (χ1n) is 9.00. The highest BCUT2D eigenvalue weighted by Crippen LogP contribution is 2.38. The summed E-state index contributed by atoms with van der Waals surface area (Å²) in [6.45, 7) is 4.87. The highest BCUT2D eigenvalue weighted by molar-refractivity contribution is 5.81. The van der Waals surface area contributed by atoms with Crippen LogP contribution < -0.4 is 10.6 Å². The fourth-order valence-electron chi connectivity index (χ4n) is 4.34. The fraction of sp³-hybridized carbons (Fsp3) is 0.944. The van der Waals surface area contributed by atoms with Crippen LogP contribution in [0.1, 0.15) is 71.6 Å². The summed E-state index contributed by atoms with van der Waals surface area (Å²) in [5, 5.41) is 6.55. The van der Waals surface area contributed by atoms with E-state index in [1.807, 2.05) is 13.8 Å². The van der Waals surface area contributed by atoms with Crippen molar-refractivity contribution in [3.63, 3.8) is 0 Å². The van der Waals surface area contributed by atoms with Gasteiger partial charge < -0.3 is 10.6 Å². The molecule has 0 aromatic rings. The maximum Gasteiger partial charge on any atom is 0.226 e. The molecule has 2 atom stereocenters. The molecular formula is C18H34N2O. The van der Waals surface area contributed by atoms with Crippen LogP contribution in [-0.4, -0.2) is 25.5 Å². The van der Waals surface area contributed by atoms with E-state index in [4.69, 9.17) is 0 Å². The first-order valence-corrected chi connectivity index (χ1v) is 9.00. The van der Waals surface area contributed by atoms with Crippen molar-refractivity contribution in [1.82, 2.24) is 10.6 Å². The van der Waals surface area contributed by atoms with Gasteiger partial charge in [-0.1, -0.05) is 44.9 Å². The molecule has 2 unspecified atom stereocenters. The summed E-state index contributed by atoms with van der Waals surface area (Å²) in [5.41, 5.74) is -0.316. The molecule has 0 aromatic carbocycles. The van der Waals surface area contributed by atoms with Gasteiger partial charge in [0.15, 0.2) is 0 Å². The van der Waals surface area contributed by atoms with Crippen molar-refractivity contribution in [1.29, 1.82) is 0 Å². The smallest absolute Gasteiger partial charge is 0.226 e. The minimum atomic E-state index is -0.316. The zero-order valence-corrected chi connectivity index (χ0v) is 14.2. The summed E-state index contributed by atoms with van der Waals surface area (Å²) < 4.78 is 0. The lowest BCUT2D eigenvalue weighted by atomic mass is 9.70. The molecular weight excluding hydrogens is 260 g/mol. The Labute approximate surface area is 130 Å². The highest BCUT2D eigenvalue weighted by Gasteiger charge is 2.34. The summed E-state index contributed by atoms with van der Waals surface area (Å²) in [5.74, 6) is 1.92. The zero-order chi connectivity index (χ0) is 15.3. The number of amides is 1. The van der Waals surface area contributed by atoms with Gasteiger partial charge in [-0.2, -0.15) is 0 Å². The van der Waals surface area contributed by atoms with Crippen molar-refractivity contribution in [2.45, 2.75) is 77.7 Å². The van der Waals surface area contributed by atoms with Crippen molar-refractivity contribution in [2.75, 3.05) is 13.6 Å². The van der Waals surface area contributed by atoms with Crippen LogP contribution in [0.2, 0.25) is 0 Å². The molecule has 2 aliphatic rings. The lowest BCUT2D eigenvalue weighted by molar-refractivity contribution is -0.128. The lowest BCUT2D eigenvalue weighted by Crippen LogP contribution is -2.49. The Morgan fingerprint density at radius 3 is 2.29 bits per heavy atom. The number of hydrogen-bond donors (Lipinski definition) is 2. The molecule has 1 amide bonds. The summed E-state index contributed by atoms with van der Waals surface area (Å²) >= 11 is 0. The van der Waals surface area contributed by atoms with Gasteiger partial charge in [0.05, 0.1) is 5.41 Å². The Morgan fingerprint density at radius 1 is 1.00 bits per heavy atom. The van der Waals surface area contributed by atoms with E-state index in [9.17, 15) is 4.79 Å². The minimum Gasteiger partial charge on any atom is -0.359 e. The van der Waals surface area contributed by atoms with Gasteiger partial charge in [0.1, 0.15) is 0 Å². The van der Waals surface area contributed by atoms with Gasteiger partial charge in [0, 0.05) is 19.6 Å². The summed E-state index contributed by atoms with van der Waals surface area (Å²) in [7, 11) is 1.73. The van der Waals surface area contributed by atoms with E-state index in [0.717, 1.165) is 18.4 Å². The molecule has 0 heterocycles. The van der Waals surface area contributed by atoms with Gasteiger partial charge >= 0.3 is 0 Å². The van der Waals surface area contributed by atoms with Gasteiger partial charge in [-0.15, -0.1) is 0 Å². The normalized spacial score (nSPS) is 28.3. The largest absolute Gasteiger partial charge is 0.359 e. The molecule has 3 nitrogen and oxygen atoms in total. The third-order valence-electron chi connectivity index (χ3n) is 5.72. The van der Waals surface area contributed by atoms with Crippen LogP contribution in [0.4, 0.5) is 0 Å². The highest BCUT2D eigenvalue weighted by atomic mass is 16.2. The molecule has 2 saturated carbocycles. The van der Waals surface area contributed by atoms with E-state index in [1.165, 1.54) is 57.8 Å². The standard InChI is InChI=1S/C18H34N2O/c1-18(2,17(21)19-3)13-20-16-12-8-7-11-15(16)14-9-5-4-6-10-14/h14-16,20H,4-13H2,1-3H3,(H,19,21).